The van der Waals surface area contributed by atoms with Gasteiger partial charge in [-0.1, -0.05) is 78.9 Å². The Kier molecular flexibility index (Phi) is 4.21. The van der Waals surface area contributed by atoms with Gasteiger partial charge in [0.25, 0.3) is 0 Å². The van der Waals surface area contributed by atoms with Crippen LogP contribution < -0.4 is 0 Å². The molecule has 0 amide bonds. The monoisotopic (exact) mass is 284 g/mol. The molecule has 0 saturated heterocycles. The molecule has 0 spiro atoms. The van der Waals surface area contributed by atoms with Crippen LogP contribution in [0.3, 0.4) is 0 Å². The smallest absolute Gasteiger partial charge is 0.213 e. The highest BCUT2D eigenvalue weighted by Crippen LogP contribution is 2.29. The molecule has 0 bridgehead atoms. The molecular formula is C20H14NO. The molecule has 0 unspecified atom stereocenters. The van der Waals surface area contributed by atoms with Crippen LogP contribution in [0.15, 0.2) is 89.9 Å². The number of Topliss-reactive ketones (excluding diaryl/α,β-unsaturated/α-hetero) is 1. The van der Waals surface area contributed by atoms with Crippen molar-refractivity contribution in [1.29, 1.82) is 0 Å². The number of hydrogen-bond acceptors (Lipinski definition) is 2. The second-order valence-corrected chi connectivity index (χ2v) is 4.80. The zero-order chi connectivity index (χ0) is 15.2. The van der Waals surface area contributed by atoms with E-state index in [9.17, 15) is 4.79 Å². The van der Waals surface area contributed by atoms with Crippen LogP contribution in [-0.4, -0.2) is 12.0 Å². The first-order valence-corrected chi connectivity index (χ1v) is 7.05. The fraction of sp³-hybridized carbons (Fsp3) is 0. The van der Waals surface area contributed by atoms with Gasteiger partial charge in [-0.3, -0.25) is 4.79 Å². The van der Waals surface area contributed by atoms with Gasteiger partial charge in [0.05, 0.1) is 5.69 Å². The van der Waals surface area contributed by atoms with Crippen LogP contribution >= 0.6 is 0 Å². The number of rotatable bonds is 4. The van der Waals surface area contributed by atoms with Crippen molar-refractivity contribution in [2.45, 2.75) is 0 Å². The topological polar surface area (TPSA) is 29.4 Å². The third-order valence-corrected chi connectivity index (χ3v) is 3.30. The van der Waals surface area contributed by atoms with Crippen molar-refractivity contribution in [1.82, 2.24) is 0 Å². The molecule has 0 heterocycles. The lowest BCUT2D eigenvalue weighted by atomic mass is 10.0. The number of para-hydroxylation sites is 1. The van der Waals surface area contributed by atoms with Crippen LogP contribution in [0.5, 0.6) is 0 Å². The maximum atomic E-state index is 12.1. The van der Waals surface area contributed by atoms with E-state index in [-0.39, 0.29) is 5.78 Å². The molecule has 3 aromatic rings. The minimum atomic E-state index is -0.219. The molecular weight excluding hydrogens is 270 g/mol. The van der Waals surface area contributed by atoms with Crippen LogP contribution in [0.1, 0.15) is 10.4 Å². The molecule has 0 aliphatic heterocycles. The molecule has 0 atom stereocenters. The lowest BCUT2D eigenvalue weighted by Crippen LogP contribution is -1.99. The van der Waals surface area contributed by atoms with Crippen LogP contribution in [0.25, 0.3) is 11.1 Å². The van der Waals surface area contributed by atoms with Gasteiger partial charge in [0.1, 0.15) is 6.21 Å². The maximum Gasteiger partial charge on any atom is 0.213 e. The third-order valence-electron chi connectivity index (χ3n) is 3.30. The first-order valence-electron chi connectivity index (χ1n) is 7.05. The average molecular weight is 284 g/mol. The Morgan fingerprint density at radius 1 is 0.727 bits per heavy atom. The second kappa shape index (κ2) is 6.64. The van der Waals surface area contributed by atoms with Crippen molar-refractivity contribution in [3.05, 3.63) is 90.5 Å². The Morgan fingerprint density at radius 2 is 1.32 bits per heavy atom. The van der Waals surface area contributed by atoms with E-state index in [0.717, 1.165) is 16.8 Å². The molecule has 0 aliphatic rings. The second-order valence-electron chi connectivity index (χ2n) is 4.80. The molecule has 2 nitrogen and oxygen atoms in total. The van der Waals surface area contributed by atoms with Gasteiger partial charge in [0, 0.05) is 11.1 Å². The molecule has 1 radical (unpaired) electrons. The summed E-state index contributed by atoms with van der Waals surface area (Å²) in [5.41, 5.74) is 3.37. The summed E-state index contributed by atoms with van der Waals surface area (Å²) in [6.45, 7) is 0. The number of benzene rings is 3. The molecule has 3 aromatic carbocycles. The standard InChI is InChI=1S/C20H14NO/c22-20(17-11-5-2-6-12-17)15-21-19-14-8-7-13-18(19)16-9-3-1-4-10-16/h1-14H. The van der Waals surface area contributed by atoms with E-state index >= 15 is 0 Å². The van der Waals surface area contributed by atoms with Crippen LogP contribution in [-0.2, 0) is 0 Å². The number of carbonyl (C=O) groups is 1. The van der Waals surface area contributed by atoms with Crippen molar-refractivity contribution in [3.8, 4) is 11.1 Å². The van der Waals surface area contributed by atoms with E-state index < -0.39 is 0 Å². The summed E-state index contributed by atoms with van der Waals surface area (Å²) < 4.78 is 0. The molecule has 3 rings (SSSR count). The summed E-state index contributed by atoms with van der Waals surface area (Å²) in [6.07, 6.45) is 2.61. The molecule has 0 aliphatic carbocycles. The Hall–Kier alpha value is -3.00. The Labute approximate surface area is 129 Å². The summed E-state index contributed by atoms with van der Waals surface area (Å²) in [4.78, 5) is 16.3. The number of nitrogens with zero attached hydrogens (tertiary/aromatic N) is 1. The van der Waals surface area contributed by atoms with Gasteiger partial charge >= 0.3 is 0 Å². The average Bonchev–Trinajstić information content (AvgIpc) is 2.61. The van der Waals surface area contributed by atoms with Gasteiger partial charge in [0.2, 0.25) is 5.78 Å². The first-order chi connectivity index (χ1) is 10.8. The summed E-state index contributed by atoms with van der Waals surface area (Å²) in [6, 6.07) is 26.8. The molecule has 0 fully saturated rings. The van der Waals surface area contributed by atoms with Crippen molar-refractivity contribution in [3.63, 3.8) is 0 Å². The SMILES string of the molecule is O=C([C]=Nc1ccccc1-c1ccccc1)c1ccccc1. The van der Waals surface area contributed by atoms with E-state index in [0.29, 0.717) is 5.56 Å². The van der Waals surface area contributed by atoms with E-state index in [1.165, 1.54) is 0 Å². The highest BCUT2D eigenvalue weighted by Gasteiger charge is 2.05. The zero-order valence-electron chi connectivity index (χ0n) is 11.9. The Bertz CT molecular complexity index is 792. The van der Waals surface area contributed by atoms with Gasteiger partial charge in [-0.05, 0) is 11.6 Å². The summed E-state index contributed by atoms with van der Waals surface area (Å²) in [5.74, 6) is -0.219. The Morgan fingerprint density at radius 3 is 2.05 bits per heavy atom. The van der Waals surface area contributed by atoms with Crippen LogP contribution in [0.2, 0.25) is 0 Å². The van der Waals surface area contributed by atoms with Gasteiger partial charge < -0.3 is 0 Å². The van der Waals surface area contributed by atoms with Crippen molar-refractivity contribution < 1.29 is 4.79 Å². The predicted molar refractivity (Wildman–Crippen MR) is 89.7 cm³/mol. The largest absolute Gasteiger partial charge is 0.287 e. The number of carbonyl (C=O) groups excluding carboxylic acids is 1. The van der Waals surface area contributed by atoms with Gasteiger partial charge in [-0.25, -0.2) is 4.99 Å². The van der Waals surface area contributed by atoms with E-state index in [1.807, 2.05) is 72.8 Å². The lowest BCUT2D eigenvalue weighted by Gasteiger charge is -2.04. The molecule has 2 heteroatoms. The molecule has 22 heavy (non-hydrogen) atoms. The normalized spacial score (nSPS) is 10.7. The van der Waals surface area contributed by atoms with Crippen molar-refractivity contribution in [2.24, 2.45) is 4.99 Å². The van der Waals surface area contributed by atoms with Crippen molar-refractivity contribution in [2.75, 3.05) is 0 Å². The molecule has 105 valence electrons. The first kappa shape index (κ1) is 14.0. The molecule has 0 saturated carbocycles. The summed E-state index contributed by atoms with van der Waals surface area (Å²) in [5, 5.41) is 0. The van der Waals surface area contributed by atoms with E-state index in [1.54, 1.807) is 12.1 Å². The quantitative estimate of drug-likeness (QED) is 0.499. The summed E-state index contributed by atoms with van der Waals surface area (Å²) in [7, 11) is 0. The molecule has 0 N–H and O–H groups in total. The Balaban J connectivity index is 1.90. The maximum absolute atomic E-state index is 12.1. The van der Waals surface area contributed by atoms with E-state index in [4.69, 9.17) is 0 Å². The molecule has 0 aromatic heterocycles. The fourth-order valence-corrected chi connectivity index (χ4v) is 2.20. The highest BCUT2D eigenvalue weighted by molar-refractivity contribution is 6.35. The van der Waals surface area contributed by atoms with Crippen molar-refractivity contribution >= 4 is 17.7 Å². The number of aliphatic imine (C=N–C) groups is 1. The van der Waals surface area contributed by atoms with Gasteiger partial charge in [0.15, 0.2) is 0 Å². The minimum absolute atomic E-state index is 0.219. The highest BCUT2D eigenvalue weighted by atomic mass is 16.1. The zero-order valence-corrected chi connectivity index (χ0v) is 11.9. The number of ketones is 1. The lowest BCUT2D eigenvalue weighted by molar-refractivity contribution is 0.107. The predicted octanol–water partition coefficient (Wildman–Crippen LogP) is 4.82. The van der Waals surface area contributed by atoms with Gasteiger partial charge in [-0.2, -0.15) is 0 Å². The number of hydrogen-bond donors (Lipinski definition) is 0. The minimum Gasteiger partial charge on any atom is -0.287 e. The third kappa shape index (κ3) is 3.18. The summed E-state index contributed by atoms with van der Waals surface area (Å²) >= 11 is 0. The van der Waals surface area contributed by atoms with Crippen LogP contribution in [0.4, 0.5) is 5.69 Å². The van der Waals surface area contributed by atoms with Gasteiger partial charge in [-0.15, -0.1) is 0 Å². The van der Waals surface area contributed by atoms with Crippen LogP contribution in [0, 0.1) is 0 Å². The van der Waals surface area contributed by atoms with E-state index in [2.05, 4.69) is 11.2 Å². The fourth-order valence-electron chi connectivity index (χ4n) is 2.20.